The smallest absolute Gasteiger partial charge is 0.320 e. The molecule has 2 aromatic rings. The van der Waals surface area contributed by atoms with Crippen LogP contribution in [-0.4, -0.2) is 54.5 Å². The fraction of sp³-hybridized carbons (Fsp3) is 0.316. The van der Waals surface area contributed by atoms with E-state index in [4.69, 9.17) is 21.5 Å². The van der Waals surface area contributed by atoms with Gasteiger partial charge in [0, 0.05) is 5.02 Å². The van der Waals surface area contributed by atoms with Crippen LogP contribution >= 0.6 is 11.6 Å². The fourth-order valence-electron chi connectivity index (χ4n) is 3.15. The molecular formula is C19H23ClN2O6S. The molecule has 2 atom stereocenters. The molecule has 0 aromatic heterocycles. The third-order valence-electron chi connectivity index (χ3n) is 4.75. The monoisotopic (exact) mass is 442 g/mol. The fourth-order valence-corrected chi connectivity index (χ4v) is 5.03. The van der Waals surface area contributed by atoms with Crippen molar-refractivity contribution < 1.29 is 28.3 Å². The number of aliphatic carboxylic acids is 1. The number of ether oxygens (including phenoxy) is 1. The Labute approximate surface area is 174 Å². The van der Waals surface area contributed by atoms with E-state index in [1.54, 1.807) is 48.3 Å². The molecule has 0 spiro atoms. The molecule has 0 bridgehead atoms. The molecule has 0 radical (unpaired) electrons. The number of carboxylic acid groups (broad SMARTS) is 1. The molecule has 1 fully saturated rings. The highest BCUT2D eigenvalue weighted by atomic mass is 35.5. The van der Waals surface area contributed by atoms with Gasteiger partial charge in [0.25, 0.3) is 0 Å². The Morgan fingerprint density at radius 2 is 1.62 bits per heavy atom. The molecular weight excluding hydrogens is 420 g/mol. The number of carbonyl (C=O) groups is 1. The zero-order chi connectivity index (χ0) is 21.6. The van der Waals surface area contributed by atoms with Crippen molar-refractivity contribution in [1.82, 2.24) is 4.90 Å². The second kappa shape index (κ2) is 10.0. The van der Waals surface area contributed by atoms with Gasteiger partial charge in [-0.25, -0.2) is 14.3 Å². The van der Waals surface area contributed by atoms with Crippen LogP contribution in [0.15, 0.2) is 53.4 Å². The third-order valence-corrected chi connectivity index (χ3v) is 7.23. The maximum atomic E-state index is 12.9. The molecule has 3 rings (SSSR count). The summed E-state index contributed by atoms with van der Waals surface area (Å²) >= 11 is 5.84. The molecule has 8 nitrogen and oxygen atoms in total. The van der Waals surface area contributed by atoms with Crippen molar-refractivity contribution in [2.75, 3.05) is 13.6 Å². The highest BCUT2D eigenvalue weighted by Gasteiger charge is 2.38. The van der Waals surface area contributed by atoms with E-state index >= 15 is 0 Å². The minimum atomic E-state index is -3.61. The van der Waals surface area contributed by atoms with Crippen molar-refractivity contribution in [3.63, 3.8) is 0 Å². The Balaban J connectivity index is 0.00000145. The highest BCUT2D eigenvalue weighted by Crippen LogP contribution is 2.29. The Morgan fingerprint density at radius 3 is 2.14 bits per heavy atom. The zero-order valence-corrected chi connectivity index (χ0v) is 17.3. The highest BCUT2D eigenvalue weighted by molar-refractivity contribution is 7.92. The number of rotatable bonds is 5. The lowest BCUT2D eigenvalue weighted by Gasteiger charge is -2.34. The average molecular weight is 443 g/mol. The minimum Gasteiger partial charge on any atom is -0.480 e. The van der Waals surface area contributed by atoms with E-state index in [9.17, 15) is 18.3 Å². The first-order valence-corrected chi connectivity index (χ1v) is 10.7. The summed E-state index contributed by atoms with van der Waals surface area (Å²) in [6.45, 7) is 0.429. The molecule has 4 N–H and O–H groups in total. The normalized spacial score (nSPS) is 19.7. The predicted octanol–water partition coefficient (Wildman–Crippen LogP) is 2.79. The Morgan fingerprint density at radius 1 is 1.10 bits per heavy atom. The van der Waals surface area contributed by atoms with Crippen LogP contribution in [0.3, 0.4) is 0 Å². The summed E-state index contributed by atoms with van der Waals surface area (Å²) < 4.78 is 31.5. The van der Waals surface area contributed by atoms with Gasteiger partial charge in [0.1, 0.15) is 17.5 Å². The van der Waals surface area contributed by atoms with E-state index in [-0.39, 0.29) is 11.3 Å². The maximum Gasteiger partial charge on any atom is 0.320 e. The first-order chi connectivity index (χ1) is 13.8. The average Bonchev–Trinajstić information content (AvgIpc) is 2.71. The van der Waals surface area contributed by atoms with E-state index in [1.165, 1.54) is 12.1 Å². The van der Waals surface area contributed by atoms with Crippen molar-refractivity contribution >= 4 is 27.4 Å². The van der Waals surface area contributed by atoms with E-state index in [2.05, 4.69) is 5.90 Å². The molecule has 10 heteroatoms. The Bertz CT molecular complexity index is 919. The topological polar surface area (TPSA) is 130 Å². The van der Waals surface area contributed by atoms with Crippen LogP contribution in [0.4, 0.5) is 0 Å². The summed E-state index contributed by atoms with van der Waals surface area (Å²) in [5, 5.41) is 15.7. The summed E-state index contributed by atoms with van der Waals surface area (Å²) in [6.07, 6.45) is 0.489. The largest absolute Gasteiger partial charge is 0.480 e. The van der Waals surface area contributed by atoms with E-state index in [0.29, 0.717) is 29.5 Å². The van der Waals surface area contributed by atoms with Gasteiger partial charge in [0.15, 0.2) is 9.84 Å². The SMILES string of the molecule is CN1CCC(S(=O)(=O)c2ccc(Oc3ccc(Cl)cc3)cc2)CC1C(=O)O.NO. The standard InChI is InChI=1S/C19H20ClNO5S.H3NO/c1-21-11-10-17(12-18(21)19(22)23)27(24,25)16-8-6-15(7-9-16)26-14-4-2-13(20)3-5-14;1-2/h2-9,17-18H,10-12H2,1H3,(H,22,23);2H,1H2. The van der Waals surface area contributed by atoms with Crippen LogP contribution in [0.25, 0.3) is 0 Å². The van der Waals surface area contributed by atoms with Gasteiger partial charge in [0.05, 0.1) is 10.1 Å². The van der Waals surface area contributed by atoms with Crippen LogP contribution in [0.5, 0.6) is 11.5 Å². The van der Waals surface area contributed by atoms with Gasteiger partial charge in [-0.2, -0.15) is 0 Å². The van der Waals surface area contributed by atoms with E-state index in [1.807, 2.05) is 0 Å². The van der Waals surface area contributed by atoms with Crippen molar-refractivity contribution in [3.05, 3.63) is 53.6 Å². The molecule has 29 heavy (non-hydrogen) atoms. The van der Waals surface area contributed by atoms with Gasteiger partial charge >= 0.3 is 5.97 Å². The number of halogens is 1. The maximum absolute atomic E-state index is 12.9. The van der Waals surface area contributed by atoms with Crippen molar-refractivity contribution in [2.24, 2.45) is 5.90 Å². The predicted molar refractivity (Wildman–Crippen MR) is 108 cm³/mol. The molecule has 0 aliphatic carbocycles. The van der Waals surface area contributed by atoms with Crippen molar-refractivity contribution in [3.8, 4) is 11.5 Å². The molecule has 158 valence electrons. The molecule has 1 saturated heterocycles. The molecule has 1 aliphatic rings. The van der Waals surface area contributed by atoms with Crippen LogP contribution in [-0.2, 0) is 14.6 Å². The van der Waals surface area contributed by atoms with Gasteiger partial charge in [-0.05, 0) is 75.0 Å². The van der Waals surface area contributed by atoms with Gasteiger partial charge in [-0.3, -0.25) is 9.69 Å². The lowest BCUT2D eigenvalue weighted by Crippen LogP contribution is -2.48. The molecule has 1 heterocycles. The zero-order valence-electron chi connectivity index (χ0n) is 15.7. The molecule has 2 aromatic carbocycles. The number of piperidine rings is 1. The number of nitrogens with two attached hydrogens (primary N) is 1. The minimum absolute atomic E-state index is 0.0805. The van der Waals surface area contributed by atoms with Crippen LogP contribution < -0.4 is 10.6 Å². The van der Waals surface area contributed by atoms with Gasteiger partial charge < -0.3 is 15.1 Å². The van der Waals surface area contributed by atoms with Crippen LogP contribution in [0.1, 0.15) is 12.8 Å². The molecule has 1 aliphatic heterocycles. The number of likely N-dealkylation sites (N-methyl/N-ethyl adjacent to an activating group) is 1. The third kappa shape index (κ3) is 5.68. The number of hydrogen-bond donors (Lipinski definition) is 3. The summed E-state index contributed by atoms with van der Waals surface area (Å²) in [4.78, 5) is 13.2. The number of sulfone groups is 1. The van der Waals surface area contributed by atoms with E-state index < -0.39 is 27.1 Å². The summed E-state index contributed by atoms with van der Waals surface area (Å²) in [5.74, 6) is 3.60. The number of carboxylic acids is 1. The molecule has 0 amide bonds. The first-order valence-electron chi connectivity index (χ1n) is 8.73. The molecule has 2 unspecified atom stereocenters. The first kappa shape index (κ1) is 23.1. The van der Waals surface area contributed by atoms with E-state index in [0.717, 1.165) is 0 Å². The summed E-state index contributed by atoms with van der Waals surface area (Å²) in [6, 6.07) is 12.2. The lowest BCUT2D eigenvalue weighted by atomic mass is 10.0. The summed E-state index contributed by atoms with van der Waals surface area (Å²) in [5.41, 5.74) is 0. The van der Waals surface area contributed by atoms with Crippen LogP contribution in [0.2, 0.25) is 5.02 Å². The molecule has 0 saturated carbocycles. The van der Waals surface area contributed by atoms with Crippen molar-refractivity contribution in [1.29, 1.82) is 0 Å². The second-order valence-corrected chi connectivity index (χ2v) is 9.22. The van der Waals surface area contributed by atoms with Gasteiger partial charge in [-0.1, -0.05) is 11.6 Å². The second-order valence-electron chi connectivity index (χ2n) is 6.55. The lowest BCUT2D eigenvalue weighted by molar-refractivity contribution is -0.143. The Kier molecular flexibility index (Phi) is 8.00. The Hall–Kier alpha value is -2.17. The number of likely N-dealkylation sites (tertiary alicyclic amines) is 1. The number of benzene rings is 2. The summed E-state index contributed by atoms with van der Waals surface area (Å²) in [7, 11) is -1.91. The number of nitrogens with zero attached hydrogens (tertiary/aromatic N) is 1. The quantitative estimate of drug-likeness (QED) is 0.602. The van der Waals surface area contributed by atoms with Crippen LogP contribution in [0, 0.1) is 0 Å². The van der Waals surface area contributed by atoms with Crippen molar-refractivity contribution in [2.45, 2.75) is 29.0 Å². The van der Waals surface area contributed by atoms with Gasteiger partial charge in [0.2, 0.25) is 0 Å². The van der Waals surface area contributed by atoms with Gasteiger partial charge in [-0.15, -0.1) is 0 Å². The number of hydrogen-bond acceptors (Lipinski definition) is 7.